The second kappa shape index (κ2) is 13.1. The van der Waals surface area contributed by atoms with Crippen LogP contribution in [0.3, 0.4) is 0 Å². The van der Waals surface area contributed by atoms with Crippen molar-refractivity contribution in [1.82, 2.24) is 19.5 Å². The Balaban J connectivity index is 1.65. The molecule has 4 rings (SSSR count). The molecule has 0 radical (unpaired) electrons. The van der Waals surface area contributed by atoms with E-state index < -0.39 is 36.4 Å². The van der Waals surface area contributed by atoms with Gasteiger partial charge in [-0.15, -0.1) is 0 Å². The number of fused-ring (bicyclic) bond motifs is 1. The number of esters is 2. The number of aromatic nitrogens is 4. The van der Waals surface area contributed by atoms with Crippen LogP contribution < -0.4 is 15.8 Å². The van der Waals surface area contributed by atoms with Gasteiger partial charge in [-0.25, -0.2) is 9.55 Å². The Morgan fingerprint density at radius 2 is 1.88 bits per heavy atom. The van der Waals surface area contributed by atoms with Crippen LogP contribution in [0.25, 0.3) is 17.4 Å². The lowest BCUT2D eigenvalue weighted by Gasteiger charge is -2.26. The van der Waals surface area contributed by atoms with Crippen LogP contribution >= 0.6 is 7.60 Å². The SMILES string of the molecule is COC(=O)[C@H](CC(C)C)C[P@](=O)(OCC1(COC(=O)C(C)C)C/C1=C/n1cnc2c(=O)[nH]c(N)nc21)Oc1ccccc1. The molecule has 1 aliphatic carbocycles. The molecule has 1 saturated carbocycles. The number of rotatable bonds is 14. The van der Waals surface area contributed by atoms with Crippen molar-refractivity contribution in [1.29, 1.82) is 0 Å². The normalized spacial score (nSPS) is 19.4. The van der Waals surface area contributed by atoms with E-state index in [4.69, 9.17) is 24.3 Å². The number of carbonyl (C=O) groups excluding carboxylic acids is 2. The average Bonchev–Trinajstić information content (AvgIpc) is 3.48. The lowest BCUT2D eigenvalue weighted by atomic mass is 9.99. The van der Waals surface area contributed by atoms with Gasteiger partial charge in [-0.3, -0.25) is 28.5 Å². The fourth-order valence-corrected chi connectivity index (χ4v) is 6.60. The average molecular weight is 616 g/mol. The van der Waals surface area contributed by atoms with Crippen molar-refractivity contribution in [2.24, 2.45) is 23.2 Å². The maximum Gasteiger partial charge on any atom is 0.380 e. The van der Waals surface area contributed by atoms with Crippen molar-refractivity contribution >= 4 is 42.8 Å². The Kier molecular flexibility index (Phi) is 9.76. The molecule has 0 saturated heterocycles. The smallest absolute Gasteiger partial charge is 0.380 e. The van der Waals surface area contributed by atoms with E-state index in [0.29, 0.717) is 18.6 Å². The first-order valence-corrected chi connectivity index (χ1v) is 15.7. The predicted molar refractivity (Wildman–Crippen MR) is 160 cm³/mol. The van der Waals surface area contributed by atoms with E-state index in [1.54, 1.807) is 54.9 Å². The minimum Gasteiger partial charge on any atom is -0.469 e. The molecule has 3 atom stereocenters. The summed E-state index contributed by atoms with van der Waals surface area (Å²) in [4.78, 5) is 48.0. The number of anilines is 1. The molecule has 14 heteroatoms. The fourth-order valence-electron chi connectivity index (χ4n) is 4.64. The molecule has 1 fully saturated rings. The number of benzene rings is 1. The minimum atomic E-state index is -3.95. The van der Waals surface area contributed by atoms with Crippen molar-refractivity contribution < 1.29 is 32.7 Å². The third kappa shape index (κ3) is 7.91. The third-order valence-corrected chi connectivity index (χ3v) is 8.95. The Labute approximate surface area is 249 Å². The molecule has 13 nitrogen and oxygen atoms in total. The van der Waals surface area contributed by atoms with Crippen LogP contribution in [0.4, 0.5) is 5.95 Å². The van der Waals surface area contributed by atoms with Gasteiger partial charge in [0.1, 0.15) is 18.7 Å². The quantitative estimate of drug-likeness (QED) is 0.196. The van der Waals surface area contributed by atoms with Crippen LogP contribution in [0.5, 0.6) is 5.75 Å². The number of H-pyrrole nitrogens is 1. The molecule has 1 unspecified atom stereocenters. The zero-order chi connectivity index (χ0) is 31.4. The number of hydrogen-bond donors (Lipinski definition) is 2. The lowest BCUT2D eigenvalue weighted by molar-refractivity contribution is -0.149. The summed E-state index contributed by atoms with van der Waals surface area (Å²) >= 11 is 0. The molecule has 0 spiro atoms. The maximum atomic E-state index is 14.3. The molecular weight excluding hydrogens is 577 g/mol. The van der Waals surface area contributed by atoms with E-state index in [9.17, 15) is 18.9 Å². The number of methoxy groups -OCH3 is 1. The van der Waals surface area contributed by atoms with E-state index in [2.05, 4.69) is 15.0 Å². The van der Waals surface area contributed by atoms with Gasteiger partial charge in [0.2, 0.25) is 5.95 Å². The van der Waals surface area contributed by atoms with Gasteiger partial charge in [-0.1, -0.05) is 45.9 Å². The highest BCUT2D eigenvalue weighted by Crippen LogP contribution is 2.58. The van der Waals surface area contributed by atoms with Crippen LogP contribution in [-0.4, -0.2) is 57.9 Å². The first-order valence-electron chi connectivity index (χ1n) is 14.0. The van der Waals surface area contributed by atoms with E-state index in [1.165, 1.54) is 13.4 Å². The van der Waals surface area contributed by atoms with E-state index >= 15 is 0 Å². The summed E-state index contributed by atoms with van der Waals surface area (Å²) in [6.45, 7) is 7.18. The number of nitrogens with two attached hydrogens (primary N) is 1. The zero-order valence-corrected chi connectivity index (χ0v) is 25.8. The number of ether oxygens (including phenoxy) is 2. The number of para-hydroxylation sites is 1. The summed E-state index contributed by atoms with van der Waals surface area (Å²) in [5, 5.41) is 0. The van der Waals surface area contributed by atoms with Crippen LogP contribution in [-0.2, 0) is 28.2 Å². The Morgan fingerprint density at radius 1 is 1.16 bits per heavy atom. The third-order valence-electron chi connectivity index (χ3n) is 7.05. The van der Waals surface area contributed by atoms with Gasteiger partial charge in [0, 0.05) is 6.20 Å². The molecule has 2 aromatic heterocycles. The van der Waals surface area contributed by atoms with Gasteiger partial charge < -0.3 is 19.7 Å². The Bertz CT molecular complexity index is 1600. The zero-order valence-electron chi connectivity index (χ0n) is 24.9. The maximum absolute atomic E-state index is 14.3. The van der Waals surface area contributed by atoms with Gasteiger partial charge >= 0.3 is 19.5 Å². The highest BCUT2D eigenvalue weighted by Gasteiger charge is 2.52. The lowest BCUT2D eigenvalue weighted by Crippen LogP contribution is -2.26. The van der Waals surface area contributed by atoms with Crippen LogP contribution in [0.1, 0.15) is 40.5 Å². The summed E-state index contributed by atoms with van der Waals surface area (Å²) < 4.78 is 38.5. The molecule has 3 aromatic rings. The second-order valence-corrected chi connectivity index (χ2v) is 13.5. The minimum absolute atomic E-state index is 0.0452. The fraction of sp³-hybridized carbons (Fsp3) is 0.483. The monoisotopic (exact) mass is 615 g/mol. The molecule has 232 valence electrons. The van der Waals surface area contributed by atoms with Crippen molar-refractivity contribution in [3.63, 3.8) is 0 Å². The molecule has 1 aliphatic rings. The van der Waals surface area contributed by atoms with Crippen molar-refractivity contribution in [3.05, 3.63) is 52.6 Å². The molecule has 1 aromatic carbocycles. The number of nitrogen functional groups attached to an aromatic ring is 1. The Hall–Kier alpha value is -3.96. The summed E-state index contributed by atoms with van der Waals surface area (Å²) in [6, 6.07) is 8.57. The topological polar surface area (TPSA) is 178 Å². The van der Waals surface area contributed by atoms with E-state index in [-0.39, 0.29) is 48.3 Å². The van der Waals surface area contributed by atoms with Gasteiger partial charge in [0.05, 0.1) is 37.1 Å². The van der Waals surface area contributed by atoms with Crippen LogP contribution in [0.2, 0.25) is 0 Å². The summed E-state index contributed by atoms with van der Waals surface area (Å²) in [5.41, 5.74) is 5.56. The first kappa shape index (κ1) is 32.0. The molecule has 2 heterocycles. The summed E-state index contributed by atoms with van der Waals surface area (Å²) in [6.07, 6.45) is 3.79. The Morgan fingerprint density at radius 3 is 2.53 bits per heavy atom. The summed E-state index contributed by atoms with van der Waals surface area (Å²) in [7, 11) is -2.67. The molecule has 0 amide bonds. The van der Waals surface area contributed by atoms with Gasteiger partial charge in [0.15, 0.2) is 11.2 Å². The number of hydrogen-bond acceptors (Lipinski definition) is 11. The van der Waals surface area contributed by atoms with Crippen molar-refractivity contribution in [2.75, 3.05) is 32.2 Å². The summed E-state index contributed by atoms with van der Waals surface area (Å²) in [5.74, 6) is -1.60. The standard InChI is InChI=1S/C29H38N5O8P/c1-18(2)11-20(27(37)39-5)14-43(38,42-22-9-7-6-8-10-22)41-16-29(15-40-26(36)19(3)4)12-21(29)13-34-17-31-23-24(34)32-28(30)33-25(23)35/h6-10,13,17-20H,11-12,14-16H2,1-5H3,(H3,30,32,33,35)/b21-13-/t20-,29?,43+/m1/s1. The van der Waals surface area contributed by atoms with E-state index in [0.717, 1.165) is 5.57 Å². The number of aromatic amines is 1. The van der Waals surface area contributed by atoms with Crippen molar-refractivity contribution in [2.45, 2.75) is 40.5 Å². The highest BCUT2D eigenvalue weighted by atomic mass is 31.2. The highest BCUT2D eigenvalue weighted by molar-refractivity contribution is 7.54. The van der Waals surface area contributed by atoms with E-state index in [1.807, 2.05) is 13.8 Å². The number of nitrogens with zero attached hydrogens (tertiary/aromatic N) is 3. The van der Waals surface area contributed by atoms with Crippen LogP contribution in [0, 0.1) is 23.2 Å². The van der Waals surface area contributed by atoms with Crippen LogP contribution in [0.15, 0.2) is 47.0 Å². The largest absolute Gasteiger partial charge is 0.469 e. The molecule has 0 aliphatic heterocycles. The second-order valence-electron chi connectivity index (χ2n) is 11.5. The predicted octanol–water partition coefficient (Wildman–Crippen LogP) is 4.26. The van der Waals surface area contributed by atoms with Gasteiger partial charge in [-0.05, 0) is 36.5 Å². The molecular formula is C29H38N5O8P. The molecule has 3 N–H and O–H groups in total. The van der Waals surface area contributed by atoms with Crippen molar-refractivity contribution in [3.8, 4) is 5.75 Å². The number of carbonyl (C=O) groups is 2. The number of imidazole rings is 1. The molecule has 43 heavy (non-hydrogen) atoms. The first-order chi connectivity index (χ1) is 20.3. The molecule has 0 bridgehead atoms. The van der Waals surface area contributed by atoms with Gasteiger partial charge in [0.25, 0.3) is 5.56 Å². The van der Waals surface area contributed by atoms with Gasteiger partial charge in [-0.2, -0.15) is 4.98 Å². The number of nitrogens with one attached hydrogen (secondary N) is 1.